The minimum Gasteiger partial charge on any atom is -0.0622 e. The van der Waals surface area contributed by atoms with Crippen LogP contribution in [0.15, 0.2) is 120 Å². The van der Waals surface area contributed by atoms with Gasteiger partial charge in [0.05, 0.1) is 5.41 Å². The average molecular weight is 447 g/mol. The zero-order chi connectivity index (χ0) is 20.1. The Kier molecular flexibility index (Phi) is 3.94. The monoisotopic (exact) mass is 446 g/mol. The normalized spacial score (nSPS) is 17.0. The molecule has 0 aromatic heterocycles. The predicted octanol–water partition coefficient (Wildman–Crippen LogP) is 7.97. The Morgan fingerprint density at radius 3 is 2.00 bits per heavy atom. The highest BCUT2D eigenvalue weighted by atomic mass is 79.9. The van der Waals surface area contributed by atoms with Crippen LogP contribution in [0.25, 0.3) is 21.9 Å². The lowest BCUT2D eigenvalue weighted by atomic mass is 9.67. The first-order chi connectivity index (χ1) is 14.8. The van der Waals surface area contributed by atoms with Gasteiger partial charge in [0.25, 0.3) is 0 Å². The summed E-state index contributed by atoms with van der Waals surface area (Å²) in [4.78, 5) is 0. The average Bonchev–Trinajstić information content (AvgIpc) is 3.12. The Balaban J connectivity index is 1.86. The van der Waals surface area contributed by atoms with Gasteiger partial charge in [0, 0.05) is 4.47 Å². The molecule has 30 heavy (non-hydrogen) atoms. The van der Waals surface area contributed by atoms with E-state index in [4.69, 9.17) is 0 Å². The Bertz CT molecular complexity index is 1380. The van der Waals surface area contributed by atoms with E-state index in [0.717, 1.165) is 4.47 Å². The molecular formula is C29H19Br. The van der Waals surface area contributed by atoms with E-state index in [0.29, 0.717) is 0 Å². The molecule has 0 aliphatic heterocycles. The van der Waals surface area contributed by atoms with Gasteiger partial charge in [-0.3, -0.25) is 0 Å². The molecule has 5 aromatic carbocycles. The van der Waals surface area contributed by atoms with Crippen molar-refractivity contribution < 1.29 is 0 Å². The zero-order valence-corrected chi connectivity index (χ0v) is 17.9. The van der Waals surface area contributed by atoms with Gasteiger partial charge in [-0.1, -0.05) is 119 Å². The summed E-state index contributed by atoms with van der Waals surface area (Å²) in [6, 6.07) is 42.0. The van der Waals surface area contributed by atoms with Gasteiger partial charge in [0.2, 0.25) is 0 Å². The Morgan fingerprint density at radius 1 is 0.500 bits per heavy atom. The summed E-state index contributed by atoms with van der Waals surface area (Å²) in [5, 5.41) is 2.60. The molecule has 0 bridgehead atoms. The van der Waals surface area contributed by atoms with Gasteiger partial charge >= 0.3 is 0 Å². The van der Waals surface area contributed by atoms with Gasteiger partial charge in [-0.15, -0.1) is 0 Å². The van der Waals surface area contributed by atoms with Gasteiger partial charge in [-0.2, -0.15) is 0 Å². The minimum atomic E-state index is -0.352. The smallest absolute Gasteiger partial charge is 0.0622 e. The molecule has 0 amide bonds. The molecule has 1 heteroatoms. The molecule has 0 N–H and O–H groups in total. The van der Waals surface area contributed by atoms with Gasteiger partial charge in [0.1, 0.15) is 0 Å². The van der Waals surface area contributed by atoms with Crippen molar-refractivity contribution in [2.24, 2.45) is 0 Å². The van der Waals surface area contributed by atoms with Crippen molar-refractivity contribution in [2.45, 2.75) is 5.41 Å². The number of benzene rings is 5. The molecule has 0 heterocycles. The Hall–Kier alpha value is -3.16. The molecular weight excluding hydrogens is 428 g/mol. The molecule has 5 aromatic rings. The van der Waals surface area contributed by atoms with E-state index in [-0.39, 0.29) is 5.41 Å². The van der Waals surface area contributed by atoms with E-state index in [9.17, 15) is 0 Å². The molecule has 0 nitrogen and oxygen atoms in total. The number of fused-ring (bicyclic) bond motifs is 5. The van der Waals surface area contributed by atoms with Crippen LogP contribution in [0.3, 0.4) is 0 Å². The lowest BCUT2D eigenvalue weighted by Gasteiger charge is -2.34. The molecule has 0 radical (unpaired) electrons. The summed E-state index contributed by atoms with van der Waals surface area (Å²) in [6.07, 6.45) is 0. The van der Waals surface area contributed by atoms with Crippen LogP contribution in [0.2, 0.25) is 0 Å². The van der Waals surface area contributed by atoms with Crippen molar-refractivity contribution in [3.63, 3.8) is 0 Å². The van der Waals surface area contributed by atoms with Gasteiger partial charge in [-0.05, 0) is 56.3 Å². The fourth-order valence-electron chi connectivity index (χ4n) is 5.23. The molecule has 0 saturated carbocycles. The highest BCUT2D eigenvalue weighted by Gasteiger charge is 2.46. The van der Waals surface area contributed by atoms with Crippen molar-refractivity contribution in [2.75, 3.05) is 0 Å². The third-order valence-corrected chi connectivity index (χ3v) is 6.94. The predicted molar refractivity (Wildman–Crippen MR) is 129 cm³/mol. The second-order valence-corrected chi connectivity index (χ2v) is 8.79. The van der Waals surface area contributed by atoms with E-state index >= 15 is 0 Å². The quantitative estimate of drug-likeness (QED) is 0.253. The minimum absolute atomic E-state index is 0.352. The maximum absolute atomic E-state index is 3.63. The lowest BCUT2D eigenvalue weighted by molar-refractivity contribution is 0.775. The fraction of sp³-hybridized carbons (Fsp3) is 0.0345. The SMILES string of the molecule is Brc1ccc(C2(c3ccccc3)c3ccccc3-c3ccc4ccccc4c32)cc1. The fourth-order valence-corrected chi connectivity index (χ4v) is 5.50. The van der Waals surface area contributed by atoms with E-state index in [1.165, 1.54) is 44.2 Å². The van der Waals surface area contributed by atoms with Crippen molar-refractivity contribution in [3.8, 4) is 11.1 Å². The van der Waals surface area contributed by atoms with Crippen molar-refractivity contribution in [1.29, 1.82) is 0 Å². The molecule has 1 atom stereocenters. The van der Waals surface area contributed by atoms with Crippen LogP contribution in [-0.2, 0) is 5.41 Å². The number of hydrogen-bond acceptors (Lipinski definition) is 0. The standard InChI is InChI=1S/C29H19Br/c30-23-17-15-22(16-18-23)29(21-9-2-1-3-10-21)27-13-7-6-12-25(27)26-19-14-20-8-4-5-11-24(20)28(26)29/h1-19H. The first-order valence-electron chi connectivity index (χ1n) is 10.2. The second kappa shape index (κ2) is 6.68. The van der Waals surface area contributed by atoms with Crippen molar-refractivity contribution in [1.82, 2.24) is 0 Å². The molecule has 6 rings (SSSR count). The van der Waals surface area contributed by atoms with E-state index < -0.39 is 0 Å². The third-order valence-electron chi connectivity index (χ3n) is 6.41. The van der Waals surface area contributed by atoms with Crippen LogP contribution < -0.4 is 0 Å². The first kappa shape index (κ1) is 17.7. The summed E-state index contributed by atoms with van der Waals surface area (Å²) in [5.74, 6) is 0. The zero-order valence-electron chi connectivity index (χ0n) is 16.3. The van der Waals surface area contributed by atoms with E-state index in [1.54, 1.807) is 0 Å². The maximum atomic E-state index is 3.63. The molecule has 0 spiro atoms. The highest BCUT2D eigenvalue weighted by Crippen LogP contribution is 2.57. The number of hydrogen-bond donors (Lipinski definition) is 0. The van der Waals surface area contributed by atoms with Crippen LogP contribution in [0.5, 0.6) is 0 Å². The van der Waals surface area contributed by atoms with Gasteiger partial charge < -0.3 is 0 Å². The van der Waals surface area contributed by atoms with Crippen LogP contribution in [0.4, 0.5) is 0 Å². The van der Waals surface area contributed by atoms with Crippen LogP contribution in [0, 0.1) is 0 Å². The topological polar surface area (TPSA) is 0 Å². The largest absolute Gasteiger partial charge is 0.0719 e. The van der Waals surface area contributed by atoms with E-state index in [1.807, 2.05) is 0 Å². The third kappa shape index (κ3) is 2.33. The molecule has 1 aliphatic carbocycles. The summed E-state index contributed by atoms with van der Waals surface area (Å²) in [6.45, 7) is 0. The highest BCUT2D eigenvalue weighted by molar-refractivity contribution is 9.10. The van der Waals surface area contributed by atoms with Gasteiger partial charge in [0.15, 0.2) is 0 Å². The summed E-state index contributed by atoms with van der Waals surface area (Å²) < 4.78 is 1.10. The Labute approximate surface area is 185 Å². The second-order valence-electron chi connectivity index (χ2n) is 7.88. The number of rotatable bonds is 2. The van der Waals surface area contributed by atoms with Gasteiger partial charge in [-0.25, -0.2) is 0 Å². The van der Waals surface area contributed by atoms with E-state index in [2.05, 4.69) is 131 Å². The molecule has 1 aliphatic rings. The maximum Gasteiger partial charge on any atom is 0.0719 e. The van der Waals surface area contributed by atoms with Crippen molar-refractivity contribution in [3.05, 3.63) is 142 Å². The molecule has 142 valence electrons. The van der Waals surface area contributed by atoms with Crippen molar-refractivity contribution >= 4 is 26.7 Å². The Morgan fingerprint density at radius 2 is 1.17 bits per heavy atom. The first-order valence-corrected chi connectivity index (χ1v) is 11.0. The molecule has 0 saturated heterocycles. The lowest BCUT2D eigenvalue weighted by Crippen LogP contribution is -2.28. The summed E-state index contributed by atoms with van der Waals surface area (Å²) in [7, 11) is 0. The molecule has 0 fully saturated rings. The van der Waals surface area contributed by atoms with Crippen LogP contribution in [-0.4, -0.2) is 0 Å². The number of halogens is 1. The van der Waals surface area contributed by atoms with Crippen LogP contribution >= 0.6 is 15.9 Å². The van der Waals surface area contributed by atoms with Crippen LogP contribution in [0.1, 0.15) is 22.3 Å². The summed E-state index contributed by atoms with van der Waals surface area (Å²) >= 11 is 3.63. The summed E-state index contributed by atoms with van der Waals surface area (Å²) in [5.41, 5.74) is 7.63. The molecule has 1 unspecified atom stereocenters.